The number of aromatic nitrogens is 2. The zero-order chi connectivity index (χ0) is 15.9. The number of aryl methyl sites for hydroxylation is 1. The Morgan fingerprint density at radius 2 is 2.14 bits per heavy atom. The first kappa shape index (κ1) is 17.9. The van der Waals surface area contributed by atoms with Crippen LogP contribution >= 0.6 is 0 Å². The van der Waals surface area contributed by atoms with Gasteiger partial charge in [0.05, 0.1) is 13.2 Å². The topological polar surface area (TPSA) is 102 Å². The fourth-order valence-electron chi connectivity index (χ4n) is 1.64. The second-order valence-electron chi connectivity index (χ2n) is 4.96. The molecular weight excluding hydrogens is 294 g/mol. The van der Waals surface area contributed by atoms with Crippen molar-refractivity contribution in [3.8, 4) is 0 Å². The average molecular weight is 319 g/mol. The van der Waals surface area contributed by atoms with E-state index in [2.05, 4.69) is 9.82 Å². The van der Waals surface area contributed by atoms with Crippen LogP contribution in [0.3, 0.4) is 0 Å². The van der Waals surface area contributed by atoms with Crippen molar-refractivity contribution in [3.63, 3.8) is 0 Å². The smallest absolute Gasteiger partial charge is 0.245 e. The van der Waals surface area contributed by atoms with Crippen molar-refractivity contribution >= 4 is 15.8 Å². The number of nitrogens with one attached hydrogen (secondary N) is 1. The van der Waals surface area contributed by atoms with Gasteiger partial charge in [-0.05, 0) is 20.5 Å². The highest BCUT2D eigenvalue weighted by atomic mass is 32.2. The van der Waals surface area contributed by atoms with E-state index in [1.165, 1.54) is 10.9 Å². The maximum Gasteiger partial charge on any atom is 0.245 e. The number of nitrogens with two attached hydrogens (primary N) is 1. The maximum absolute atomic E-state index is 12.1. The molecule has 0 aliphatic carbocycles. The van der Waals surface area contributed by atoms with Crippen molar-refractivity contribution in [1.82, 2.24) is 19.4 Å². The molecule has 0 spiro atoms. The van der Waals surface area contributed by atoms with Crippen LogP contribution in [0, 0.1) is 0 Å². The fraction of sp³-hybridized carbons (Fsp3) is 0.750. The molecule has 0 atom stereocenters. The van der Waals surface area contributed by atoms with Gasteiger partial charge in [-0.2, -0.15) is 5.10 Å². The molecule has 1 aromatic heterocycles. The molecule has 8 nitrogen and oxygen atoms in total. The Morgan fingerprint density at radius 3 is 2.76 bits per heavy atom. The predicted octanol–water partition coefficient (Wildman–Crippen LogP) is -0.268. The summed E-state index contributed by atoms with van der Waals surface area (Å²) in [6.45, 7) is 4.49. The van der Waals surface area contributed by atoms with Gasteiger partial charge >= 0.3 is 0 Å². The summed E-state index contributed by atoms with van der Waals surface area (Å²) < 4.78 is 33.5. The monoisotopic (exact) mass is 319 g/mol. The van der Waals surface area contributed by atoms with Gasteiger partial charge in [0.25, 0.3) is 0 Å². The van der Waals surface area contributed by atoms with Crippen LogP contribution in [0.15, 0.2) is 11.1 Å². The minimum absolute atomic E-state index is 0.0178. The molecule has 0 bridgehead atoms. The summed E-state index contributed by atoms with van der Waals surface area (Å²) >= 11 is 0. The number of hydrogen-bond acceptors (Lipinski definition) is 6. The Hall–Kier alpha value is -1.16. The first-order valence-corrected chi connectivity index (χ1v) is 8.40. The van der Waals surface area contributed by atoms with Gasteiger partial charge in [0, 0.05) is 25.8 Å². The molecule has 0 saturated heterocycles. The summed E-state index contributed by atoms with van der Waals surface area (Å²) in [7, 11) is 0.254. The van der Waals surface area contributed by atoms with Gasteiger partial charge in [-0.1, -0.05) is 6.92 Å². The van der Waals surface area contributed by atoms with Gasteiger partial charge in [0.1, 0.15) is 4.90 Å². The Bertz CT molecular complexity index is 527. The zero-order valence-corrected chi connectivity index (χ0v) is 13.7. The fourth-order valence-corrected chi connectivity index (χ4v) is 2.73. The maximum atomic E-state index is 12.1. The van der Waals surface area contributed by atoms with E-state index >= 15 is 0 Å². The van der Waals surface area contributed by atoms with Crippen LogP contribution in [0.4, 0.5) is 5.82 Å². The number of nitrogen functional groups attached to an aromatic ring is 1. The summed E-state index contributed by atoms with van der Waals surface area (Å²) in [6, 6.07) is 0. The lowest BCUT2D eigenvalue weighted by atomic mass is 10.5. The van der Waals surface area contributed by atoms with Crippen LogP contribution in [0.1, 0.15) is 13.3 Å². The van der Waals surface area contributed by atoms with Crippen LogP contribution in [0.25, 0.3) is 0 Å². The van der Waals surface area contributed by atoms with E-state index < -0.39 is 10.0 Å². The SMILES string of the molecule is CCCn1cc(S(=O)(=O)NCCOCCN(C)C)c(N)n1. The molecule has 0 unspecified atom stereocenters. The van der Waals surface area contributed by atoms with E-state index in [1.807, 2.05) is 25.9 Å². The molecule has 3 N–H and O–H groups in total. The van der Waals surface area contributed by atoms with E-state index in [1.54, 1.807) is 0 Å². The lowest BCUT2D eigenvalue weighted by Crippen LogP contribution is -2.28. The van der Waals surface area contributed by atoms with Crippen molar-refractivity contribution in [2.24, 2.45) is 0 Å². The van der Waals surface area contributed by atoms with E-state index in [-0.39, 0.29) is 17.3 Å². The standard InChI is InChI=1S/C12H25N5O3S/c1-4-6-17-10-11(12(13)15-17)21(18,19)14-5-8-20-9-7-16(2)3/h10,14H,4-9H2,1-3H3,(H2,13,15). The van der Waals surface area contributed by atoms with Crippen molar-refractivity contribution in [2.45, 2.75) is 24.8 Å². The van der Waals surface area contributed by atoms with E-state index in [9.17, 15) is 8.42 Å². The highest BCUT2D eigenvalue weighted by molar-refractivity contribution is 7.89. The molecule has 0 aliphatic rings. The quantitative estimate of drug-likeness (QED) is 0.576. The number of anilines is 1. The second-order valence-corrected chi connectivity index (χ2v) is 6.69. The normalized spacial score (nSPS) is 12.2. The Balaban J connectivity index is 2.46. The number of ether oxygens (including phenoxy) is 1. The lowest BCUT2D eigenvalue weighted by Gasteiger charge is -2.10. The summed E-state index contributed by atoms with van der Waals surface area (Å²) in [5.74, 6) is 0.0180. The summed E-state index contributed by atoms with van der Waals surface area (Å²) in [5.41, 5.74) is 5.66. The summed E-state index contributed by atoms with van der Waals surface area (Å²) in [5, 5.41) is 3.98. The molecule has 0 aromatic carbocycles. The van der Waals surface area contributed by atoms with Gasteiger partial charge in [-0.25, -0.2) is 13.1 Å². The van der Waals surface area contributed by atoms with E-state index in [4.69, 9.17) is 10.5 Å². The molecule has 1 heterocycles. The highest BCUT2D eigenvalue weighted by Gasteiger charge is 2.20. The zero-order valence-electron chi connectivity index (χ0n) is 12.9. The second kappa shape index (κ2) is 8.32. The number of likely N-dealkylation sites (N-methyl/N-ethyl adjacent to an activating group) is 1. The largest absolute Gasteiger partial charge is 0.381 e. The van der Waals surface area contributed by atoms with Crippen molar-refractivity contribution in [1.29, 1.82) is 0 Å². The van der Waals surface area contributed by atoms with Crippen molar-refractivity contribution < 1.29 is 13.2 Å². The molecule has 21 heavy (non-hydrogen) atoms. The Labute approximate surface area is 126 Å². The molecule has 1 rings (SSSR count). The molecule has 9 heteroatoms. The minimum Gasteiger partial charge on any atom is -0.381 e. The van der Waals surface area contributed by atoms with Gasteiger partial charge in [-0.15, -0.1) is 0 Å². The summed E-state index contributed by atoms with van der Waals surface area (Å²) in [4.78, 5) is 2.01. The Morgan fingerprint density at radius 1 is 1.43 bits per heavy atom. The van der Waals surface area contributed by atoms with Gasteiger partial charge < -0.3 is 15.4 Å². The third kappa shape index (κ3) is 6.00. The molecule has 0 fully saturated rings. The molecular formula is C12H25N5O3S. The van der Waals surface area contributed by atoms with Crippen LogP contribution in [-0.4, -0.2) is 63.5 Å². The van der Waals surface area contributed by atoms with Crippen LogP contribution in [0.2, 0.25) is 0 Å². The molecule has 0 amide bonds. The van der Waals surface area contributed by atoms with Crippen molar-refractivity contribution in [2.75, 3.05) is 46.1 Å². The molecule has 1 aromatic rings. The first-order valence-electron chi connectivity index (χ1n) is 6.92. The first-order chi connectivity index (χ1) is 9.86. The third-order valence-corrected chi connectivity index (χ3v) is 4.20. The van der Waals surface area contributed by atoms with Gasteiger partial charge in [-0.3, -0.25) is 4.68 Å². The molecule has 0 aliphatic heterocycles. The molecule has 0 radical (unpaired) electrons. The van der Waals surface area contributed by atoms with Crippen LogP contribution < -0.4 is 10.5 Å². The molecule has 0 saturated carbocycles. The van der Waals surface area contributed by atoms with E-state index in [0.717, 1.165) is 13.0 Å². The Kier molecular flexibility index (Phi) is 7.09. The summed E-state index contributed by atoms with van der Waals surface area (Å²) in [6.07, 6.45) is 2.31. The van der Waals surface area contributed by atoms with Crippen LogP contribution in [-0.2, 0) is 21.3 Å². The predicted molar refractivity (Wildman–Crippen MR) is 81.5 cm³/mol. The number of sulfonamides is 1. The third-order valence-electron chi connectivity index (χ3n) is 2.72. The number of nitrogens with zero attached hydrogens (tertiary/aromatic N) is 3. The highest BCUT2D eigenvalue weighted by Crippen LogP contribution is 2.15. The molecule has 122 valence electrons. The number of rotatable bonds is 10. The lowest BCUT2D eigenvalue weighted by molar-refractivity contribution is 0.122. The van der Waals surface area contributed by atoms with E-state index in [0.29, 0.717) is 19.8 Å². The number of hydrogen-bond donors (Lipinski definition) is 2. The minimum atomic E-state index is -3.64. The van der Waals surface area contributed by atoms with Gasteiger partial charge in [0.15, 0.2) is 5.82 Å². The van der Waals surface area contributed by atoms with Crippen LogP contribution in [0.5, 0.6) is 0 Å². The average Bonchev–Trinajstić information content (AvgIpc) is 2.75. The van der Waals surface area contributed by atoms with Gasteiger partial charge in [0.2, 0.25) is 10.0 Å². The van der Waals surface area contributed by atoms with Crippen molar-refractivity contribution in [3.05, 3.63) is 6.20 Å².